The zero-order valence-corrected chi connectivity index (χ0v) is 19.5. The van der Waals surface area contributed by atoms with Crippen molar-refractivity contribution in [2.45, 2.75) is 11.3 Å². The van der Waals surface area contributed by atoms with Crippen molar-refractivity contribution in [3.8, 4) is 23.0 Å². The lowest BCUT2D eigenvalue weighted by molar-refractivity contribution is 0.102. The first-order valence-electron chi connectivity index (χ1n) is 10.4. The van der Waals surface area contributed by atoms with Gasteiger partial charge in [-0.15, -0.1) is 0 Å². The van der Waals surface area contributed by atoms with Crippen LogP contribution in [0.25, 0.3) is 0 Å². The van der Waals surface area contributed by atoms with Gasteiger partial charge in [0.15, 0.2) is 23.0 Å². The molecular formula is C24H24N2O7S. The number of ether oxygens (including phenoxy) is 4. The van der Waals surface area contributed by atoms with Crippen molar-refractivity contribution < 1.29 is 32.2 Å². The molecule has 1 heterocycles. The van der Waals surface area contributed by atoms with Crippen LogP contribution in [0.1, 0.15) is 15.9 Å². The predicted octanol–water partition coefficient (Wildman–Crippen LogP) is 3.21. The summed E-state index contributed by atoms with van der Waals surface area (Å²) in [5.41, 5.74) is 1.76. The number of hydrogen-bond donors (Lipinski definition) is 2. The normalized spacial score (nSPS) is 12.3. The van der Waals surface area contributed by atoms with Crippen LogP contribution in [-0.4, -0.2) is 41.9 Å². The van der Waals surface area contributed by atoms with E-state index >= 15 is 0 Å². The van der Waals surface area contributed by atoms with E-state index in [1.54, 1.807) is 44.6 Å². The Morgan fingerprint density at radius 1 is 0.912 bits per heavy atom. The molecule has 34 heavy (non-hydrogen) atoms. The minimum Gasteiger partial charge on any atom is -0.493 e. The molecule has 10 heteroatoms. The Labute approximate surface area is 197 Å². The van der Waals surface area contributed by atoms with Crippen LogP contribution in [0.2, 0.25) is 0 Å². The molecule has 3 aromatic rings. The van der Waals surface area contributed by atoms with E-state index in [9.17, 15) is 13.2 Å². The first-order chi connectivity index (χ1) is 16.4. The average Bonchev–Trinajstić information content (AvgIpc) is 3.32. The summed E-state index contributed by atoms with van der Waals surface area (Å²) in [6.07, 6.45) is 0.468. The van der Waals surface area contributed by atoms with Gasteiger partial charge in [0.25, 0.3) is 5.91 Å². The van der Waals surface area contributed by atoms with Gasteiger partial charge in [0.1, 0.15) is 0 Å². The first-order valence-corrected chi connectivity index (χ1v) is 11.9. The van der Waals surface area contributed by atoms with Gasteiger partial charge in [-0.3, -0.25) is 4.79 Å². The predicted molar refractivity (Wildman–Crippen MR) is 125 cm³/mol. The second-order valence-electron chi connectivity index (χ2n) is 7.38. The molecule has 0 aliphatic carbocycles. The Bertz CT molecular complexity index is 1290. The number of hydrogen-bond acceptors (Lipinski definition) is 7. The van der Waals surface area contributed by atoms with Crippen LogP contribution in [0.15, 0.2) is 65.6 Å². The maximum Gasteiger partial charge on any atom is 0.255 e. The van der Waals surface area contributed by atoms with Crippen LogP contribution in [0.4, 0.5) is 5.69 Å². The summed E-state index contributed by atoms with van der Waals surface area (Å²) in [4.78, 5) is 12.6. The second-order valence-corrected chi connectivity index (χ2v) is 9.15. The third-order valence-corrected chi connectivity index (χ3v) is 6.69. The molecule has 0 unspecified atom stereocenters. The molecule has 1 aliphatic heterocycles. The van der Waals surface area contributed by atoms with Crippen LogP contribution in [0, 0.1) is 0 Å². The van der Waals surface area contributed by atoms with Crippen molar-refractivity contribution in [3.63, 3.8) is 0 Å². The van der Waals surface area contributed by atoms with Crippen molar-refractivity contribution in [2.75, 3.05) is 32.9 Å². The fourth-order valence-electron chi connectivity index (χ4n) is 3.41. The molecule has 0 aromatic heterocycles. The van der Waals surface area contributed by atoms with Crippen LogP contribution in [0.5, 0.6) is 23.0 Å². The van der Waals surface area contributed by atoms with Gasteiger partial charge in [0, 0.05) is 23.9 Å². The van der Waals surface area contributed by atoms with Crippen molar-refractivity contribution in [3.05, 3.63) is 71.8 Å². The van der Waals surface area contributed by atoms with Gasteiger partial charge in [-0.05, 0) is 60.5 Å². The maximum absolute atomic E-state index is 12.6. The van der Waals surface area contributed by atoms with Gasteiger partial charge < -0.3 is 24.3 Å². The lowest BCUT2D eigenvalue weighted by Crippen LogP contribution is -2.26. The molecule has 0 bridgehead atoms. The number of carbonyl (C=O) groups excluding carboxylic acids is 1. The highest BCUT2D eigenvalue weighted by Gasteiger charge is 2.17. The van der Waals surface area contributed by atoms with E-state index in [0.717, 1.165) is 5.56 Å². The van der Waals surface area contributed by atoms with Crippen molar-refractivity contribution in [2.24, 2.45) is 0 Å². The largest absolute Gasteiger partial charge is 0.493 e. The summed E-state index contributed by atoms with van der Waals surface area (Å²) < 4.78 is 48.9. The Kier molecular flexibility index (Phi) is 6.90. The Hall–Kier alpha value is -3.76. The average molecular weight is 485 g/mol. The smallest absolute Gasteiger partial charge is 0.255 e. The Morgan fingerprint density at radius 2 is 1.65 bits per heavy atom. The first kappa shape index (κ1) is 23.4. The number of nitrogens with one attached hydrogen (secondary N) is 2. The van der Waals surface area contributed by atoms with Crippen LogP contribution in [-0.2, 0) is 16.4 Å². The molecular weight excluding hydrogens is 460 g/mol. The van der Waals surface area contributed by atoms with Gasteiger partial charge in [-0.2, -0.15) is 0 Å². The number of sulfonamides is 1. The second kappa shape index (κ2) is 10.0. The van der Waals surface area contributed by atoms with E-state index in [1.807, 2.05) is 6.07 Å². The standard InChI is InChI=1S/C24H24N2O7S/c1-30-20-9-3-16(13-22(20)31-2)11-12-25-34(28,29)19-7-4-17(5-8-19)24(27)26-18-6-10-21-23(14-18)33-15-32-21/h3-10,13-14,25H,11-12,15H2,1-2H3,(H,26,27). The Morgan fingerprint density at radius 3 is 2.38 bits per heavy atom. The number of amides is 1. The third-order valence-electron chi connectivity index (χ3n) is 5.21. The quantitative estimate of drug-likeness (QED) is 0.480. The molecule has 0 saturated heterocycles. The summed E-state index contributed by atoms with van der Waals surface area (Å²) >= 11 is 0. The van der Waals surface area contributed by atoms with E-state index in [4.69, 9.17) is 18.9 Å². The van der Waals surface area contributed by atoms with Crippen LogP contribution < -0.4 is 29.0 Å². The minimum absolute atomic E-state index is 0.0689. The van der Waals surface area contributed by atoms with E-state index < -0.39 is 10.0 Å². The molecule has 0 atom stereocenters. The van der Waals surface area contributed by atoms with Gasteiger partial charge in [-0.1, -0.05) is 6.07 Å². The summed E-state index contributed by atoms with van der Waals surface area (Å²) in [5.74, 6) is 1.99. The SMILES string of the molecule is COc1ccc(CCNS(=O)(=O)c2ccc(C(=O)Nc3ccc4c(c3)OCO4)cc2)cc1OC. The number of benzene rings is 3. The lowest BCUT2D eigenvalue weighted by Gasteiger charge is -2.11. The van der Waals surface area contributed by atoms with E-state index in [-0.39, 0.29) is 24.1 Å². The summed E-state index contributed by atoms with van der Waals surface area (Å²) in [6.45, 7) is 0.342. The number of methoxy groups -OCH3 is 2. The fraction of sp³-hybridized carbons (Fsp3) is 0.208. The molecule has 0 radical (unpaired) electrons. The molecule has 1 amide bonds. The molecule has 178 valence electrons. The summed E-state index contributed by atoms with van der Waals surface area (Å²) in [5, 5.41) is 2.76. The number of carbonyl (C=O) groups is 1. The van der Waals surface area contributed by atoms with Crippen molar-refractivity contribution >= 4 is 21.6 Å². The lowest BCUT2D eigenvalue weighted by atomic mass is 10.1. The molecule has 2 N–H and O–H groups in total. The molecule has 3 aromatic carbocycles. The molecule has 0 saturated carbocycles. The number of fused-ring (bicyclic) bond motifs is 1. The van der Waals surface area contributed by atoms with Gasteiger partial charge >= 0.3 is 0 Å². The minimum atomic E-state index is -3.74. The highest BCUT2D eigenvalue weighted by atomic mass is 32.2. The van der Waals surface area contributed by atoms with E-state index in [1.165, 1.54) is 24.3 Å². The molecule has 1 aliphatic rings. The van der Waals surface area contributed by atoms with E-state index in [2.05, 4.69) is 10.0 Å². The van der Waals surface area contributed by atoms with Crippen LogP contribution in [0.3, 0.4) is 0 Å². The van der Waals surface area contributed by atoms with Gasteiger partial charge in [0.05, 0.1) is 19.1 Å². The highest BCUT2D eigenvalue weighted by molar-refractivity contribution is 7.89. The zero-order valence-electron chi connectivity index (χ0n) is 18.7. The van der Waals surface area contributed by atoms with Crippen LogP contribution >= 0.6 is 0 Å². The fourth-order valence-corrected chi connectivity index (χ4v) is 4.44. The molecule has 0 fully saturated rings. The third kappa shape index (κ3) is 5.24. The topological polar surface area (TPSA) is 112 Å². The molecule has 0 spiro atoms. The summed E-state index contributed by atoms with van der Waals surface area (Å²) in [7, 11) is -0.637. The Balaban J connectivity index is 1.35. The molecule has 9 nitrogen and oxygen atoms in total. The molecule has 4 rings (SSSR count). The monoisotopic (exact) mass is 484 g/mol. The number of anilines is 1. The van der Waals surface area contributed by atoms with Crippen molar-refractivity contribution in [1.29, 1.82) is 0 Å². The zero-order chi connectivity index (χ0) is 24.1. The van der Waals surface area contributed by atoms with E-state index in [0.29, 0.717) is 40.7 Å². The summed E-state index contributed by atoms with van der Waals surface area (Å²) in [6, 6.07) is 16.2. The highest BCUT2D eigenvalue weighted by Crippen LogP contribution is 2.34. The van der Waals surface area contributed by atoms with Gasteiger partial charge in [0.2, 0.25) is 16.8 Å². The maximum atomic E-state index is 12.6. The number of rotatable bonds is 9. The van der Waals surface area contributed by atoms with Gasteiger partial charge in [-0.25, -0.2) is 13.1 Å². The van der Waals surface area contributed by atoms with Crippen molar-refractivity contribution in [1.82, 2.24) is 4.72 Å².